The standard InChI is InChI=1S/C17H24ClN3O2/c18-15-4-1-3-14(11-15)12-19-17(22)21-6-2-5-16(21)13-20-7-9-23-10-8-20/h1,3-4,11,16H,2,5-10,12-13H2,(H,19,22)/t16-/m1/s1. The molecule has 0 aliphatic carbocycles. The zero-order valence-corrected chi connectivity index (χ0v) is 14.1. The molecule has 5 nitrogen and oxygen atoms in total. The van der Waals surface area contributed by atoms with Gasteiger partial charge in [-0.3, -0.25) is 4.90 Å². The Morgan fingerprint density at radius 1 is 1.30 bits per heavy atom. The topological polar surface area (TPSA) is 44.8 Å². The van der Waals surface area contributed by atoms with Crippen molar-refractivity contribution in [2.45, 2.75) is 25.4 Å². The van der Waals surface area contributed by atoms with Gasteiger partial charge in [-0.25, -0.2) is 4.79 Å². The summed E-state index contributed by atoms with van der Waals surface area (Å²) in [6.45, 7) is 5.84. The minimum Gasteiger partial charge on any atom is -0.379 e. The van der Waals surface area contributed by atoms with Gasteiger partial charge in [0.1, 0.15) is 0 Å². The van der Waals surface area contributed by atoms with Crippen LogP contribution in [0.1, 0.15) is 18.4 Å². The molecule has 0 saturated carbocycles. The molecule has 2 heterocycles. The monoisotopic (exact) mass is 337 g/mol. The number of hydrogen-bond acceptors (Lipinski definition) is 3. The lowest BCUT2D eigenvalue weighted by molar-refractivity contribution is 0.0292. The van der Waals surface area contributed by atoms with E-state index in [1.807, 2.05) is 29.2 Å². The molecular weight excluding hydrogens is 314 g/mol. The van der Waals surface area contributed by atoms with Crippen LogP contribution in [0.2, 0.25) is 5.02 Å². The Bertz CT molecular complexity index is 534. The van der Waals surface area contributed by atoms with Crippen molar-refractivity contribution in [2.75, 3.05) is 39.4 Å². The summed E-state index contributed by atoms with van der Waals surface area (Å²) in [6.07, 6.45) is 2.17. The third kappa shape index (κ3) is 4.59. The summed E-state index contributed by atoms with van der Waals surface area (Å²) >= 11 is 5.98. The molecule has 0 unspecified atom stereocenters. The number of nitrogens with one attached hydrogen (secondary N) is 1. The van der Waals surface area contributed by atoms with Crippen molar-refractivity contribution in [3.63, 3.8) is 0 Å². The number of amides is 2. The van der Waals surface area contributed by atoms with Crippen LogP contribution in [0.3, 0.4) is 0 Å². The fourth-order valence-corrected chi connectivity index (χ4v) is 3.51. The molecule has 6 heteroatoms. The number of benzene rings is 1. The Morgan fingerprint density at radius 2 is 2.13 bits per heavy atom. The highest BCUT2D eigenvalue weighted by atomic mass is 35.5. The average molecular weight is 338 g/mol. The third-order valence-electron chi connectivity index (χ3n) is 4.54. The minimum atomic E-state index is 0.0285. The molecule has 126 valence electrons. The number of nitrogens with zero attached hydrogens (tertiary/aromatic N) is 2. The number of hydrogen-bond donors (Lipinski definition) is 1. The Kier molecular flexibility index (Phi) is 5.75. The maximum absolute atomic E-state index is 12.5. The van der Waals surface area contributed by atoms with E-state index < -0.39 is 0 Å². The van der Waals surface area contributed by atoms with Crippen LogP contribution in [0, 0.1) is 0 Å². The van der Waals surface area contributed by atoms with Crippen molar-refractivity contribution < 1.29 is 9.53 Å². The fraction of sp³-hybridized carbons (Fsp3) is 0.588. The van der Waals surface area contributed by atoms with Crippen LogP contribution in [-0.4, -0.2) is 61.3 Å². The van der Waals surface area contributed by atoms with Crippen molar-refractivity contribution in [3.8, 4) is 0 Å². The van der Waals surface area contributed by atoms with Gasteiger partial charge < -0.3 is 15.0 Å². The quantitative estimate of drug-likeness (QED) is 0.917. The van der Waals surface area contributed by atoms with E-state index in [-0.39, 0.29) is 6.03 Å². The van der Waals surface area contributed by atoms with Crippen molar-refractivity contribution in [3.05, 3.63) is 34.9 Å². The molecule has 2 aliphatic rings. The highest BCUT2D eigenvalue weighted by Gasteiger charge is 2.30. The second kappa shape index (κ2) is 7.99. The Labute approximate surface area is 142 Å². The van der Waals surface area contributed by atoms with Gasteiger partial charge in [0.25, 0.3) is 0 Å². The molecule has 2 amide bonds. The molecule has 0 spiro atoms. The van der Waals surface area contributed by atoms with Crippen LogP contribution in [0.15, 0.2) is 24.3 Å². The molecule has 0 aromatic heterocycles. The van der Waals surface area contributed by atoms with Crippen molar-refractivity contribution in [1.29, 1.82) is 0 Å². The normalized spacial score (nSPS) is 22.3. The minimum absolute atomic E-state index is 0.0285. The smallest absolute Gasteiger partial charge is 0.317 e. The van der Waals surface area contributed by atoms with Crippen LogP contribution in [0.4, 0.5) is 4.79 Å². The highest BCUT2D eigenvalue weighted by Crippen LogP contribution is 2.19. The molecule has 1 aromatic carbocycles. The Balaban J connectivity index is 1.51. The molecule has 2 aliphatic heterocycles. The molecule has 3 rings (SSSR count). The maximum Gasteiger partial charge on any atom is 0.317 e. The summed E-state index contributed by atoms with van der Waals surface area (Å²) in [4.78, 5) is 16.9. The predicted octanol–water partition coefficient (Wildman–Crippen LogP) is 2.35. The Hall–Kier alpha value is -1.30. The van der Waals surface area contributed by atoms with E-state index in [4.69, 9.17) is 16.3 Å². The molecule has 0 radical (unpaired) electrons. The number of ether oxygens (including phenoxy) is 1. The van der Waals surface area contributed by atoms with Gasteiger partial charge in [-0.1, -0.05) is 23.7 Å². The number of carbonyl (C=O) groups excluding carboxylic acids is 1. The number of morpholine rings is 1. The van der Waals surface area contributed by atoms with E-state index in [0.717, 1.165) is 57.8 Å². The van der Waals surface area contributed by atoms with Crippen molar-refractivity contribution >= 4 is 17.6 Å². The predicted molar refractivity (Wildman–Crippen MR) is 90.7 cm³/mol. The van der Waals surface area contributed by atoms with Crippen molar-refractivity contribution in [1.82, 2.24) is 15.1 Å². The van der Waals surface area contributed by atoms with Crippen LogP contribution in [0.5, 0.6) is 0 Å². The first-order valence-electron chi connectivity index (χ1n) is 8.31. The van der Waals surface area contributed by atoms with Crippen LogP contribution in [0.25, 0.3) is 0 Å². The van der Waals surface area contributed by atoms with Crippen LogP contribution in [-0.2, 0) is 11.3 Å². The Morgan fingerprint density at radius 3 is 2.91 bits per heavy atom. The van der Waals surface area contributed by atoms with E-state index in [1.165, 1.54) is 0 Å². The summed E-state index contributed by atoms with van der Waals surface area (Å²) in [5, 5.41) is 3.72. The van der Waals surface area contributed by atoms with Gasteiger partial charge in [0.05, 0.1) is 13.2 Å². The van der Waals surface area contributed by atoms with E-state index >= 15 is 0 Å². The lowest BCUT2D eigenvalue weighted by atomic mass is 10.2. The summed E-state index contributed by atoms with van der Waals surface area (Å²) < 4.78 is 5.39. The number of rotatable bonds is 4. The molecule has 1 atom stereocenters. The van der Waals surface area contributed by atoms with Gasteiger partial charge in [-0.15, -0.1) is 0 Å². The number of likely N-dealkylation sites (tertiary alicyclic amines) is 1. The second-order valence-electron chi connectivity index (χ2n) is 6.19. The van der Waals surface area contributed by atoms with Gasteiger partial charge in [-0.05, 0) is 30.5 Å². The zero-order valence-electron chi connectivity index (χ0n) is 13.3. The summed E-state index contributed by atoms with van der Waals surface area (Å²) in [5.74, 6) is 0. The maximum atomic E-state index is 12.5. The van der Waals surface area contributed by atoms with Gasteiger partial charge in [0.2, 0.25) is 0 Å². The first-order chi connectivity index (χ1) is 11.2. The molecule has 1 N–H and O–H groups in total. The third-order valence-corrected chi connectivity index (χ3v) is 4.78. The number of urea groups is 1. The molecular formula is C17H24ClN3O2. The molecule has 2 saturated heterocycles. The molecule has 2 fully saturated rings. The summed E-state index contributed by atoms with van der Waals surface area (Å²) in [5.41, 5.74) is 1.02. The second-order valence-corrected chi connectivity index (χ2v) is 6.63. The number of halogens is 1. The first-order valence-corrected chi connectivity index (χ1v) is 8.69. The SMILES string of the molecule is O=C(NCc1cccc(Cl)c1)N1CCC[C@@H]1CN1CCOCC1. The lowest BCUT2D eigenvalue weighted by Crippen LogP contribution is -2.49. The summed E-state index contributed by atoms with van der Waals surface area (Å²) in [7, 11) is 0. The molecule has 23 heavy (non-hydrogen) atoms. The summed E-state index contributed by atoms with van der Waals surface area (Å²) in [6, 6.07) is 7.94. The zero-order chi connectivity index (χ0) is 16.1. The van der Waals surface area contributed by atoms with Gasteiger partial charge in [0.15, 0.2) is 0 Å². The highest BCUT2D eigenvalue weighted by molar-refractivity contribution is 6.30. The van der Waals surface area contributed by atoms with Crippen LogP contribution < -0.4 is 5.32 Å². The molecule has 0 bridgehead atoms. The van der Waals surface area contributed by atoms with E-state index in [0.29, 0.717) is 17.6 Å². The van der Waals surface area contributed by atoms with Crippen molar-refractivity contribution in [2.24, 2.45) is 0 Å². The first kappa shape index (κ1) is 16.6. The fourth-order valence-electron chi connectivity index (χ4n) is 3.30. The van der Waals surface area contributed by atoms with Crippen LogP contribution >= 0.6 is 11.6 Å². The molecule has 1 aromatic rings. The van der Waals surface area contributed by atoms with Gasteiger partial charge in [-0.2, -0.15) is 0 Å². The average Bonchev–Trinajstić information content (AvgIpc) is 3.02. The van der Waals surface area contributed by atoms with E-state index in [9.17, 15) is 4.79 Å². The van der Waals surface area contributed by atoms with E-state index in [2.05, 4.69) is 10.2 Å². The number of carbonyl (C=O) groups is 1. The van der Waals surface area contributed by atoms with Gasteiger partial charge in [0, 0.05) is 43.8 Å². The lowest BCUT2D eigenvalue weighted by Gasteiger charge is -2.33. The van der Waals surface area contributed by atoms with E-state index in [1.54, 1.807) is 0 Å². The van der Waals surface area contributed by atoms with Gasteiger partial charge >= 0.3 is 6.03 Å². The largest absolute Gasteiger partial charge is 0.379 e.